The van der Waals surface area contributed by atoms with E-state index < -0.39 is 29.4 Å². The lowest BCUT2D eigenvalue weighted by Gasteiger charge is -2.26. The first-order chi connectivity index (χ1) is 17.2. The summed E-state index contributed by atoms with van der Waals surface area (Å²) in [6.07, 6.45) is 0.790. The van der Waals surface area contributed by atoms with Crippen LogP contribution in [0.2, 0.25) is 0 Å². The molecule has 0 aromatic heterocycles. The van der Waals surface area contributed by atoms with Gasteiger partial charge in [-0.3, -0.25) is 14.5 Å². The van der Waals surface area contributed by atoms with E-state index in [9.17, 15) is 23.5 Å². The van der Waals surface area contributed by atoms with E-state index in [-0.39, 0.29) is 17.0 Å². The minimum Gasteiger partial charge on any atom is -0.507 e. The Kier molecular flexibility index (Phi) is 7.05. The fraction of sp³-hybridized carbons (Fsp3) is 0.214. The van der Waals surface area contributed by atoms with Crippen LogP contribution in [0.4, 0.5) is 20.2 Å². The van der Waals surface area contributed by atoms with Gasteiger partial charge in [-0.1, -0.05) is 31.2 Å². The molecule has 8 heteroatoms. The molecule has 1 saturated heterocycles. The number of aliphatic hydroxyl groups is 1. The lowest BCUT2D eigenvalue weighted by molar-refractivity contribution is -0.132. The summed E-state index contributed by atoms with van der Waals surface area (Å²) in [5, 5.41) is 11.3. The fourth-order valence-electron chi connectivity index (χ4n) is 4.11. The third-order valence-electron chi connectivity index (χ3n) is 5.93. The Labute approximate surface area is 208 Å². The number of aliphatic hydroxyl groups excluding tert-OH is 1. The van der Waals surface area contributed by atoms with Crippen molar-refractivity contribution in [1.29, 1.82) is 0 Å². The zero-order chi connectivity index (χ0) is 26.0. The monoisotopic (exact) mass is 492 g/mol. The lowest BCUT2D eigenvalue weighted by Crippen LogP contribution is -2.29. The Morgan fingerprint density at radius 1 is 1.00 bits per heavy atom. The Balaban J connectivity index is 1.89. The molecule has 1 unspecified atom stereocenters. The summed E-state index contributed by atoms with van der Waals surface area (Å²) >= 11 is 0. The molecule has 4 rings (SSSR count). The Bertz CT molecular complexity index is 1340. The number of benzene rings is 3. The van der Waals surface area contributed by atoms with Crippen molar-refractivity contribution in [2.24, 2.45) is 0 Å². The molecule has 3 aromatic carbocycles. The summed E-state index contributed by atoms with van der Waals surface area (Å²) in [7, 11) is 3.74. The number of carbonyl (C=O) groups excluding carboxylic acids is 2. The van der Waals surface area contributed by atoms with Crippen LogP contribution in [0.1, 0.15) is 30.5 Å². The van der Waals surface area contributed by atoms with E-state index in [1.54, 1.807) is 48.5 Å². The fourth-order valence-corrected chi connectivity index (χ4v) is 4.11. The number of amides is 1. The highest BCUT2D eigenvalue weighted by atomic mass is 19.2. The summed E-state index contributed by atoms with van der Waals surface area (Å²) in [6, 6.07) is 15.6. The minimum absolute atomic E-state index is 0.00299. The predicted molar refractivity (Wildman–Crippen MR) is 134 cm³/mol. The van der Waals surface area contributed by atoms with Gasteiger partial charge in [-0.05, 0) is 48.4 Å². The number of hydrogen-bond acceptors (Lipinski definition) is 5. The summed E-state index contributed by atoms with van der Waals surface area (Å²) in [6.45, 7) is 2.44. The molecule has 1 fully saturated rings. The number of ketones is 1. The molecule has 0 bridgehead atoms. The molecule has 186 valence electrons. The quantitative estimate of drug-likeness (QED) is 0.270. The lowest BCUT2D eigenvalue weighted by atomic mass is 9.94. The Morgan fingerprint density at radius 3 is 2.36 bits per heavy atom. The van der Waals surface area contributed by atoms with Gasteiger partial charge >= 0.3 is 0 Å². The first-order valence-corrected chi connectivity index (χ1v) is 11.5. The van der Waals surface area contributed by atoms with Gasteiger partial charge in [0.2, 0.25) is 0 Å². The molecule has 1 aliphatic rings. The molecule has 0 saturated carbocycles. The van der Waals surface area contributed by atoms with Gasteiger partial charge in [-0.25, -0.2) is 8.78 Å². The number of rotatable bonds is 7. The van der Waals surface area contributed by atoms with Crippen LogP contribution in [0.3, 0.4) is 0 Å². The van der Waals surface area contributed by atoms with Crippen molar-refractivity contribution in [2.45, 2.75) is 19.4 Å². The smallest absolute Gasteiger partial charge is 0.300 e. The number of Topliss-reactive ketones (excluding diaryl/α,β-unsaturated/α-hetero) is 1. The van der Waals surface area contributed by atoms with Crippen LogP contribution in [0, 0.1) is 11.6 Å². The number of ether oxygens (including phenoxy) is 1. The van der Waals surface area contributed by atoms with Crippen molar-refractivity contribution in [2.75, 3.05) is 30.5 Å². The molecule has 1 heterocycles. The normalized spacial score (nSPS) is 16.9. The summed E-state index contributed by atoms with van der Waals surface area (Å²) in [5.41, 5.74) is 1.53. The highest BCUT2D eigenvalue weighted by Crippen LogP contribution is 2.43. The van der Waals surface area contributed by atoms with E-state index in [1.807, 2.05) is 25.9 Å². The molecule has 3 aromatic rings. The SMILES string of the molecule is CCCOc1cccc(/C(O)=C2\C(=O)C(=O)N(c3ccc(F)c(F)c3)C2c2ccc(N(C)C)cc2)c1. The zero-order valence-corrected chi connectivity index (χ0v) is 20.2. The molecule has 1 amide bonds. The van der Waals surface area contributed by atoms with Crippen LogP contribution < -0.4 is 14.5 Å². The topological polar surface area (TPSA) is 70.1 Å². The molecule has 6 nitrogen and oxygen atoms in total. The molecule has 0 spiro atoms. The second-order valence-corrected chi connectivity index (χ2v) is 8.63. The van der Waals surface area contributed by atoms with Crippen LogP contribution in [-0.4, -0.2) is 37.5 Å². The van der Waals surface area contributed by atoms with Crippen molar-refractivity contribution in [3.05, 3.63) is 95.1 Å². The van der Waals surface area contributed by atoms with Gasteiger partial charge in [0.25, 0.3) is 11.7 Å². The van der Waals surface area contributed by atoms with Gasteiger partial charge in [0, 0.05) is 37.1 Å². The van der Waals surface area contributed by atoms with Crippen molar-refractivity contribution in [3.63, 3.8) is 0 Å². The summed E-state index contributed by atoms with van der Waals surface area (Å²) in [4.78, 5) is 29.4. The molecule has 1 aliphatic heterocycles. The van der Waals surface area contributed by atoms with Crippen molar-refractivity contribution < 1.29 is 28.2 Å². The van der Waals surface area contributed by atoms with E-state index in [1.165, 1.54) is 6.07 Å². The van der Waals surface area contributed by atoms with Crippen molar-refractivity contribution in [3.8, 4) is 5.75 Å². The maximum atomic E-state index is 14.1. The van der Waals surface area contributed by atoms with E-state index in [4.69, 9.17) is 4.74 Å². The van der Waals surface area contributed by atoms with E-state index >= 15 is 0 Å². The number of halogens is 2. The summed E-state index contributed by atoms with van der Waals surface area (Å²) in [5.74, 6) is -4.01. The van der Waals surface area contributed by atoms with Crippen LogP contribution in [-0.2, 0) is 9.59 Å². The van der Waals surface area contributed by atoms with Crippen LogP contribution in [0.25, 0.3) is 5.76 Å². The van der Waals surface area contributed by atoms with E-state index in [0.717, 1.165) is 29.1 Å². The van der Waals surface area contributed by atoms with Crippen LogP contribution in [0.5, 0.6) is 5.75 Å². The van der Waals surface area contributed by atoms with Crippen molar-refractivity contribution >= 4 is 28.8 Å². The summed E-state index contributed by atoms with van der Waals surface area (Å²) < 4.78 is 33.4. The van der Waals surface area contributed by atoms with Gasteiger partial charge < -0.3 is 14.7 Å². The molecular weight excluding hydrogens is 466 g/mol. The van der Waals surface area contributed by atoms with Gasteiger partial charge in [0.15, 0.2) is 11.6 Å². The average Bonchev–Trinajstić information content (AvgIpc) is 3.14. The maximum absolute atomic E-state index is 14.1. The molecule has 36 heavy (non-hydrogen) atoms. The van der Waals surface area contributed by atoms with E-state index in [0.29, 0.717) is 23.5 Å². The van der Waals surface area contributed by atoms with E-state index in [2.05, 4.69) is 0 Å². The zero-order valence-electron chi connectivity index (χ0n) is 20.2. The number of anilines is 2. The number of hydrogen-bond donors (Lipinski definition) is 1. The van der Waals surface area contributed by atoms with Crippen LogP contribution >= 0.6 is 0 Å². The molecule has 0 radical (unpaired) electrons. The van der Waals surface area contributed by atoms with Crippen molar-refractivity contribution in [1.82, 2.24) is 0 Å². The second kappa shape index (κ2) is 10.2. The first kappa shape index (κ1) is 24.9. The minimum atomic E-state index is -1.16. The van der Waals surface area contributed by atoms with Gasteiger partial charge in [0.1, 0.15) is 11.5 Å². The van der Waals surface area contributed by atoms with Gasteiger partial charge in [0.05, 0.1) is 18.2 Å². The highest BCUT2D eigenvalue weighted by molar-refractivity contribution is 6.51. The van der Waals surface area contributed by atoms with Crippen LogP contribution in [0.15, 0.2) is 72.3 Å². The number of carbonyl (C=O) groups is 2. The highest BCUT2D eigenvalue weighted by Gasteiger charge is 2.47. The molecule has 0 aliphatic carbocycles. The molecule has 1 atom stereocenters. The van der Waals surface area contributed by atoms with Gasteiger partial charge in [-0.15, -0.1) is 0 Å². The average molecular weight is 493 g/mol. The Hall–Kier alpha value is -4.20. The predicted octanol–water partition coefficient (Wildman–Crippen LogP) is 5.45. The Morgan fingerprint density at radius 2 is 1.72 bits per heavy atom. The first-order valence-electron chi connectivity index (χ1n) is 11.5. The third kappa shape index (κ3) is 4.66. The second-order valence-electron chi connectivity index (χ2n) is 8.63. The third-order valence-corrected chi connectivity index (χ3v) is 5.93. The molecular formula is C28H26F2N2O4. The molecule has 1 N–H and O–H groups in total. The standard InChI is InChI=1S/C28H26F2N2O4/c1-4-14-36-21-7-5-6-18(15-21)26(33)24-25(17-8-10-19(11-9-17)31(2)3)32(28(35)27(24)34)20-12-13-22(29)23(30)16-20/h5-13,15-16,25,33H,4,14H2,1-3H3/b26-24+. The van der Waals surface area contributed by atoms with Gasteiger partial charge in [-0.2, -0.15) is 0 Å². The number of nitrogens with zero attached hydrogens (tertiary/aromatic N) is 2. The maximum Gasteiger partial charge on any atom is 0.300 e. The largest absolute Gasteiger partial charge is 0.507 e.